The van der Waals surface area contributed by atoms with Crippen molar-refractivity contribution in [3.05, 3.63) is 105 Å². The van der Waals surface area contributed by atoms with Crippen LogP contribution in [0.4, 0.5) is 0 Å². The molecule has 0 atom stereocenters. The lowest BCUT2D eigenvalue weighted by atomic mass is 10.00. The molecular formula is C29H22N2O5S2. The standard InChI is InChI=1S/C29H22N2O5S2/c1-36-25-9-4-18(14-22(25)20-7-8-21-23(16-20)30-12-10-24(21)32)15-26-27(33)31(29(37)38-26)13-11-17-2-5-19(6-3-17)28(34)35/h2-10,12,14-16H,11,13H2,1H3,(H,30,32)(H,34,35). The number of fused-ring (bicyclic) bond motifs is 1. The van der Waals surface area contributed by atoms with Crippen molar-refractivity contribution in [3.8, 4) is 16.9 Å². The van der Waals surface area contributed by atoms with Crippen LogP contribution in [0.25, 0.3) is 28.1 Å². The summed E-state index contributed by atoms with van der Waals surface area (Å²) >= 11 is 6.73. The van der Waals surface area contributed by atoms with Crippen LogP contribution in [0.1, 0.15) is 21.5 Å². The Morgan fingerprint density at radius 1 is 1.08 bits per heavy atom. The number of benzene rings is 3. The van der Waals surface area contributed by atoms with E-state index in [0.717, 1.165) is 27.8 Å². The van der Waals surface area contributed by atoms with Crippen molar-refractivity contribution in [1.29, 1.82) is 0 Å². The molecule has 0 radical (unpaired) electrons. The Kier molecular flexibility index (Phi) is 7.13. The second-order valence-electron chi connectivity index (χ2n) is 8.65. The van der Waals surface area contributed by atoms with Crippen LogP contribution >= 0.6 is 24.0 Å². The number of methoxy groups -OCH3 is 1. The van der Waals surface area contributed by atoms with Gasteiger partial charge in [0.1, 0.15) is 10.1 Å². The summed E-state index contributed by atoms with van der Waals surface area (Å²) in [7, 11) is 1.60. The zero-order chi connectivity index (χ0) is 26.8. The van der Waals surface area contributed by atoms with Crippen molar-refractivity contribution in [3.63, 3.8) is 0 Å². The first-order chi connectivity index (χ1) is 18.3. The molecule has 7 nitrogen and oxygen atoms in total. The van der Waals surface area contributed by atoms with Crippen LogP contribution in [0.3, 0.4) is 0 Å². The number of carbonyl (C=O) groups excluding carboxylic acids is 1. The molecule has 3 aromatic carbocycles. The minimum Gasteiger partial charge on any atom is -0.496 e. The summed E-state index contributed by atoms with van der Waals surface area (Å²) in [6.07, 6.45) is 3.98. The molecule has 1 amide bonds. The number of H-pyrrole nitrogens is 1. The first kappa shape index (κ1) is 25.4. The summed E-state index contributed by atoms with van der Waals surface area (Å²) in [6.45, 7) is 0.400. The van der Waals surface area contributed by atoms with Crippen molar-refractivity contribution < 1.29 is 19.4 Å². The van der Waals surface area contributed by atoms with E-state index in [9.17, 15) is 14.4 Å². The van der Waals surface area contributed by atoms with Gasteiger partial charge in [-0.25, -0.2) is 4.79 Å². The highest BCUT2D eigenvalue weighted by atomic mass is 32.2. The minimum absolute atomic E-state index is 0.0506. The van der Waals surface area contributed by atoms with Gasteiger partial charge in [0.05, 0.1) is 17.6 Å². The molecule has 1 saturated heterocycles. The Bertz CT molecular complexity index is 1670. The maximum absolute atomic E-state index is 13.2. The fraction of sp³-hybridized carbons (Fsp3) is 0.103. The average Bonchev–Trinajstić information content (AvgIpc) is 3.19. The van der Waals surface area contributed by atoms with Gasteiger partial charge in [0.25, 0.3) is 5.91 Å². The third kappa shape index (κ3) is 5.11. The number of thiocarbonyl (C=S) groups is 1. The number of carboxylic acid groups (broad SMARTS) is 1. The molecule has 1 aliphatic rings. The van der Waals surface area contributed by atoms with E-state index in [-0.39, 0.29) is 16.9 Å². The van der Waals surface area contributed by atoms with Gasteiger partial charge in [-0.05, 0) is 65.6 Å². The van der Waals surface area contributed by atoms with Gasteiger partial charge in [0.2, 0.25) is 0 Å². The van der Waals surface area contributed by atoms with Gasteiger partial charge in [0, 0.05) is 35.3 Å². The fourth-order valence-electron chi connectivity index (χ4n) is 4.28. The van der Waals surface area contributed by atoms with E-state index in [2.05, 4.69) is 4.98 Å². The summed E-state index contributed by atoms with van der Waals surface area (Å²) in [5.41, 5.74) is 4.32. The predicted molar refractivity (Wildman–Crippen MR) is 154 cm³/mol. The molecule has 38 heavy (non-hydrogen) atoms. The molecule has 9 heteroatoms. The van der Waals surface area contributed by atoms with Gasteiger partial charge in [-0.15, -0.1) is 0 Å². The Morgan fingerprint density at radius 3 is 2.61 bits per heavy atom. The van der Waals surface area contributed by atoms with E-state index in [1.54, 1.807) is 48.5 Å². The highest BCUT2D eigenvalue weighted by Gasteiger charge is 2.31. The summed E-state index contributed by atoms with van der Waals surface area (Å²) in [5.74, 6) is -0.472. The normalized spacial score (nSPS) is 14.4. The number of hydrogen-bond acceptors (Lipinski definition) is 6. The van der Waals surface area contributed by atoms with Crippen LogP contribution in [0.2, 0.25) is 0 Å². The van der Waals surface area contributed by atoms with Gasteiger partial charge in [-0.2, -0.15) is 0 Å². The van der Waals surface area contributed by atoms with Crippen LogP contribution in [0.15, 0.2) is 82.6 Å². The lowest BCUT2D eigenvalue weighted by Crippen LogP contribution is -2.30. The number of aromatic nitrogens is 1. The second kappa shape index (κ2) is 10.6. The van der Waals surface area contributed by atoms with E-state index < -0.39 is 5.97 Å². The molecule has 0 bridgehead atoms. The minimum atomic E-state index is -0.976. The molecule has 0 aliphatic carbocycles. The number of carbonyl (C=O) groups is 2. The number of nitrogens with one attached hydrogen (secondary N) is 1. The monoisotopic (exact) mass is 542 g/mol. The molecule has 1 aromatic heterocycles. The Balaban J connectivity index is 1.38. The first-order valence-electron chi connectivity index (χ1n) is 11.7. The number of carboxylic acids is 1. The van der Waals surface area contributed by atoms with Crippen molar-refractivity contribution in [2.24, 2.45) is 0 Å². The number of amides is 1. The molecule has 2 heterocycles. The summed E-state index contributed by atoms with van der Waals surface area (Å²) < 4.78 is 6.07. The number of nitrogens with zero attached hydrogens (tertiary/aromatic N) is 1. The highest BCUT2D eigenvalue weighted by Crippen LogP contribution is 2.36. The van der Waals surface area contributed by atoms with Crippen LogP contribution in [0.5, 0.6) is 5.75 Å². The highest BCUT2D eigenvalue weighted by molar-refractivity contribution is 8.26. The largest absolute Gasteiger partial charge is 0.496 e. The Hall–Kier alpha value is -4.21. The third-order valence-electron chi connectivity index (χ3n) is 6.29. The molecule has 0 saturated carbocycles. The number of pyridine rings is 1. The number of aromatic carboxylic acids is 1. The van der Waals surface area contributed by atoms with Gasteiger partial charge in [-0.1, -0.05) is 48.2 Å². The van der Waals surface area contributed by atoms with E-state index in [1.807, 2.05) is 36.4 Å². The van der Waals surface area contributed by atoms with Crippen molar-refractivity contribution in [2.75, 3.05) is 13.7 Å². The molecule has 190 valence electrons. The number of hydrogen-bond donors (Lipinski definition) is 2. The van der Waals surface area contributed by atoms with Crippen molar-refractivity contribution >= 4 is 57.2 Å². The molecular weight excluding hydrogens is 520 g/mol. The maximum Gasteiger partial charge on any atom is 0.335 e. The molecule has 5 rings (SSSR count). The molecule has 0 unspecified atom stereocenters. The molecule has 1 aliphatic heterocycles. The van der Waals surface area contributed by atoms with Gasteiger partial charge in [0.15, 0.2) is 5.43 Å². The zero-order valence-electron chi connectivity index (χ0n) is 20.3. The Morgan fingerprint density at radius 2 is 1.87 bits per heavy atom. The topological polar surface area (TPSA) is 99.7 Å². The predicted octanol–water partition coefficient (Wildman–Crippen LogP) is 5.35. The van der Waals surface area contributed by atoms with Gasteiger partial charge in [-0.3, -0.25) is 14.5 Å². The van der Waals surface area contributed by atoms with E-state index in [1.165, 1.54) is 17.8 Å². The quantitative estimate of drug-likeness (QED) is 0.240. The smallest absolute Gasteiger partial charge is 0.335 e. The number of ether oxygens (including phenoxy) is 1. The molecule has 4 aromatic rings. The maximum atomic E-state index is 13.2. The third-order valence-corrected chi connectivity index (χ3v) is 7.67. The first-order valence-corrected chi connectivity index (χ1v) is 12.9. The molecule has 0 spiro atoms. The lowest BCUT2D eigenvalue weighted by Gasteiger charge is -2.14. The van der Waals surface area contributed by atoms with Crippen molar-refractivity contribution in [1.82, 2.24) is 9.88 Å². The van der Waals surface area contributed by atoms with E-state index >= 15 is 0 Å². The SMILES string of the molecule is COc1ccc(C=C2SC(=S)N(CCc3ccc(C(=O)O)cc3)C2=O)cc1-c1ccc2c(=O)cc[nH]c2c1. The Labute approximate surface area is 227 Å². The summed E-state index contributed by atoms with van der Waals surface area (Å²) in [4.78, 5) is 41.5. The van der Waals surface area contributed by atoms with E-state index in [4.69, 9.17) is 22.1 Å². The van der Waals surface area contributed by atoms with Crippen LogP contribution in [0, 0.1) is 0 Å². The van der Waals surface area contributed by atoms with Gasteiger partial charge < -0.3 is 14.8 Å². The number of aromatic amines is 1. The summed E-state index contributed by atoms with van der Waals surface area (Å²) in [5, 5.41) is 9.67. The number of thioether (sulfide) groups is 1. The van der Waals surface area contributed by atoms with E-state index in [0.29, 0.717) is 33.3 Å². The lowest BCUT2D eigenvalue weighted by molar-refractivity contribution is -0.122. The molecule has 2 N–H and O–H groups in total. The second-order valence-corrected chi connectivity index (χ2v) is 10.3. The molecule has 1 fully saturated rings. The fourth-order valence-corrected chi connectivity index (χ4v) is 5.59. The van der Waals surface area contributed by atoms with Crippen LogP contribution < -0.4 is 10.2 Å². The van der Waals surface area contributed by atoms with Gasteiger partial charge >= 0.3 is 5.97 Å². The average molecular weight is 543 g/mol. The number of rotatable bonds is 7. The van der Waals surface area contributed by atoms with Crippen molar-refractivity contribution in [2.45, 2.75) is 6.42 Å². The summed E-state index contributed by atoms with van der Waals surface area (Å²) in [6, 6.07) is 19.3. The van der Waals surface area contributed by atoms with Crippen LogP contribution in [-0.2, 0) is 11.2 Å². The van der Waals surface area contributed by atoms with Crippen LogP contribution in [-0.4, -0.2) is 44.8 Å². The zero-order valence-corrected chi connectivity index (χ0v) is 21.9.